The smallest absolute Gasteiger partial charge is 0.122 e. The van der Waals surface area contributed by atoms with Gasteiger partial charge < -0.3 is 0 Å². The molecule has 0 bridgehead atoms. The zero-order chi connectivity index (χ0) is 8.48. The molecule has 0 aliphatic heterocycles. The predicted octanol–water partition coefficient (Wildman–Crippen LogP) is 2.40. The highest BCUT2D eigenvalue weighted by atomic mass is 32.1. The van der Waals surface area contributed by atoms with Gasteiger partial charge >= 0.3 is 0 Å². The molecule has 62 valence electrons. The van der Waals surface area contributed by atoms with Gasteiger partial charge in [0.15, 0.2) is 0 Å². The summed E-state index contributed by atoms with van der Waals surface area (Å²) in [6, 6.07) is 0. The molecule has 0 radical (unpaired) electrons. The number of nitrogens with zero attached hydrogens (tertiary/aromatic N) is 2. The van der Waals surface area contributed by atoms with Crippen LogP contribution in [0.25, 0.3) is 0 Å². The van der Waals surface area contributed by atoms with Crippen LogP contribution in [0.1, 0.15) is 37.7 Å². The summed E-state index contributed by atoms with van der Waals surface area (Å²) in [6.07, 6.45) is 0.994. The molecule has 2 nitrogen and oxygen atoms in total. The molecule has 0 saturated carbocycles. The van der Waals surface area contributed by atoms with E-state index in [9.17, 15) is 0 Å². The lowest BCUT2D eigenvalue weighted by molar-refractivity contribution is 0.578. The lowest BCUT2D eigenvalue weighted by atomic mass is 9.98. The van der Waals surface area contributed by atoms with Crippen molar-refractivity contribution < 1.29 is 0 Å². The normalized spacial score (nSPS) is 12.0. The summed E-state index contributed by atoms with van der Waals surface area (Å²) in [7, 11) is 0. The molecule has 0 fully saturated rings. The fourth-order valence-corrected chi connectivity index (χ4v) is 1.54. The fraction of sp³-hybridized carbons (Fsp3) is 0.750. The van der Waals surface area contributed by atoms with Crippen LogP contribution in [-0.2, 0) is 11.8 Å². The van der Waals surface area contributed by atoms with E-state index in [1.54, 1.807) is 11.3 Å². The van der Waals surface area contributed by atoms with Crippen LogP contribution in [0.15, 0.2) is 0 Å². The molecule has 0 saturated heterocycles. The van der Waals surface area contributed by atoms with Gasteiger partial charge in [-0.05, 0) is 6.42 Å². The van der Waals surface area contributed by atoms with Crippen LogP contribution in [0.4, 0.5) is 0 Å². The number of aryl methyl sites for hydroxylation is 1. The Morgan fingerprint density at radius 1 is 1.27 bits per heavy atom. The van der Waals surface area contributed by atoms with Gasteiger partial charge in [-0.2, -0.15) is 0 Å². The summed E-state index contributed by atoms with van der Waals surface area (Å²) in [6.45, 7) is 8.58. The van der Waals surface area contributed by atoms with Crippen molar-refractivity contribution in [1.82, 2.24) is 10.2 Å². The molecule has 1 aromatic heterocycles. The minimum Gasteiger partial charge on any atom is -0.144 e. The second-order valence-corrected chi connectivity index (χ2v) is 4.67. The van der Waals surface area contributed by atoms with Gasteiger partial charge in [0, 0.05) is 5.41 Å². The van der Waals surface area contributed by atoms with Crippen LogP contribution < -0.4 is 0 Å². The van der Waals surface area contributed by atoms with Crippen LogP contribution in [0, 0.1) is 0 Å². The SMILES string of the molecule is CCc1nnc(C(C)(C)C)s1. The Labute approximate surface area is 71.7 Å². The lowest BCUT2D eigenvalue weighted by Crippen LogP contribution is -2.10. The van der Waals surface area contributed by atoms with E-state index in [1.165, 1.54) is 0 Å². The van der Waals surface area contributed by atoms with Crippen molar-refractivity contribution in [2.75, 3.05) is 0 Å². The largest absolute Gasteiger partial charge is 0.144 e. The van der Waals surface area contributed by atoms with Gasteiger partial charge in [-0.1, -0.05) is 27.7 Å². The van der Waals surface area contributed by atoms with Gasteiger partial charge in [0.2, 0.25) is 0 Å². The Kier molecular flexibility index (Phi) is 2.28. The standard InChI is InChI=1S/C8H14N2S/c1-5-6-9-10-7(11-6)8(2,3)4/h5H2,1-4H3. The van der Waals surface area contributed by atoms with Gasteiger partial charge in [0.25, 0.3) is 0 Å². The topological polar surface area (TPSA) is 25.8 Å². The zero-order valence-electron chi connectivity index (χ0n) is 7.51. The van der Waals surface area contributed by atoms with Gasteiger partial charge in [0.1, 0.15) is 10.0 Å². The molecule has 3 heteroatoms. The predicted molar refractivity (Wildman–Crippen MR) is 48.0 cm³/mol. The third kappa shape index (κ3) is 1.99. The van der Waals surface area contributed by atoms with E-state index in [-0.39, 0.29) is 5.41 Å². The Balaban J connectivity index is 2.89. The molecule has 0 aliphatic carbocycles. The lowest BCUT2D eigenvalue weighted by Gasteiger charge is -2.12. The van der Waals surface area contributed by atoms with Crippen molar-refractivity contribution >= 4 is 11.3 Å². The fourth-order valence-electron chi connectivity index (χ4n) is 0.700. The second-order valence-electron chi connectivity index (χ2n) is 3.60. The molecule has 0 N–H and O–H groups in total. The molecular weight excluding hydrogens is 156 g/mol. The second kappa shape index (κ2) is 2.89. The summed E-state index contributed by atoms with van der Waals surface area (Å²) in [4.78, 5) is 0. The van der Waals surface area contributed by atoms with E-state index in [1.807, 2.05) is 0 Å². The summed E-state index contributed by atoms with van der Waals surface area (Å²) >= 11 is 1.72. The molecule has 0 atom stereocenters. The first-order valence-corrected chi connectivity index (χ1v) is 4.68. The number of hydrogen-bond donors (Lipinski definition) is 0. The summed E-state index contributed by atoms with van der Waals surface area (Å²) in [5.74, 6) is 0. The Bertz CT molecular complexity index is 234. The summed E-state index contributed by atoms with van der Waals surface area (Å²) in [5, 5.41) is 10.5. The van der Waals surface area contributed by atoms with Crippen LogP contribution in [0.2, 0.25) is 0 Å². The average molecular weight is 170 g/mol. The Morgan fingerprint density at radius 2 is 1.91 bits per heavy atom. The van der Waals surface area contributed by atoms with Crippen LogP contribution in [-0.4, -0.2) is 10.2 Å². The van der Waals surface area contributed by atoms with Crippen molar-refractivity contribution in [2.24, 2.45) is 0 Å². The van der Waals surface area contributed by atoms with Crippen molar-refractivity contribution in [3.8, 4) is 0 Å². The monoisotopic (exact) mass is 170 g/mol. The van der Waals surface area contributed by atoms with E-state index >= 15 is 0 Å². The van der Waals surface area contributed by atoms with Crippen LogP contribution in [0.3, 0.4) is 0 Å². The first-order valence-electron chi connectivity index (χ1n) is 3.87. The maximum Gasteiger partial charge on any atom is 0.122 e. The molecular formula is C8H14N2S. The van der Waals surface area contributed by atoms with Gasteiger partial charge in [-0.15, -0.1) is 21.5 Å². The Hall–Kier alpha value is -0.440. The van der Waals surface area contributed by atoms with Gasteiger partial charge in [-0.3, -0.25) is 0 Å². The van der Waals surface area contributed by atoms with Crippen molar-refractivity contribution in [3.05, 3.63) is 10.0 Å². The van der Waals surface area contributed by atoms with E-state index < -0.39 is 0 Å². The highest BCUT2D eigenvalue weighted by Crippen LogP contribution is 2.25. The zero-order valence-corrected chi connectivity index (χ0v) is 8.33. The first-order chi connectivity index (χ1) is 5.04. The maximum absolute atomic E-state index is 4.13. The van der Waals surface area contributed by atoms with Crippen molar-refractivity contribution in [1.29, 1.82) is 0 Å². The molecule has 0 aromatic carbocycles. The van der Waals surface area contributed by atoms with E-state index in [2.05, 4.69) is 37.9 Å². The highest BCUT2D eigenvalue weighted by Gasteiger charge is 2.18. The van der Waals surface area contributed by atoms with Gasteiger partial charge in [0.05, 0.1) is 0 Å². The van der Waals surface area contributed by atoms with E-state index in [4.69, 9.17) is 0 Å². The molecule has 0 aliphatic rings. The minimum absolute atomic E-state index is 0.158. The molecule has 0 unspecified atom stereocenters. The molecule has 1 rings (SSSR count). The van der Waals surface area contributed by atoms with Crippen LogP contribution in [0.5, 0.6) is 0 Å². The quantitative estimate of drug-likeness (QED) is 0.646. The third-order valence-corrected chi connectivity index (χ3v) is 2.90. The average Bonchev–Trinajstić information content (AvgIpc) is 2.32. The summed E-state index contributed by atoms with van der Waals surface area (Å²) < 4.78 is 0. The van der Waals surface area contributed by atoms with E-state index in [0.29, 0.717) is 0 Å². The first kappa shape index (κ1) is 8.65. The molecule has 0 amide bonds. The highest BCUT2D eigenvalue weighted by molar-refractivity contribution is 7.11. The van der Waals surface area contributed by atoms with Gasteiger partial charge in [-0.25, -0.2) is 0 Å². The molecule has 0 spiro atoms. The molecule has 1 heterocycles. The number of hydrogen-bond acceptors (Lipinski definition) is 3. The minimum atomic E-state index is 0.158. The Morgan fingerprint density at radius 3 is 2.18 bits per heavy atom. The number of rotatable bonds is 1. The van der Waals surface area contributed by atoms with Crippen LogP contribution >= 0.6 is 11.3 Å². The third-order valence-electron chi connectivity index (χ3n) is 1.41. The van der Waals surface area contributed by atoms with E-state index in [0.717, 1.165) is 16.4 Å². The van der Waals surface area contributed by atoms with Crippen molar-refractivity contribution in [3.63, 3.8) is 0 Å². The maximum atomic E-state index is 4.13. The van der Waals surface area contributed by atoms with Crippen molar-refractivity contribution in [2.45, 2.75) is 39.5 Å². The molecule has 11 heavy (non-hydrogen) atoms. The summed E-state index contributed by atoms with van der Waals surface area (Å²) in [5.41, 5.74) is 0.158. The molecule has 1 aromatic rings. The number of aromatic nitrogens is 2.